The molecule has 9 heteroatoms. The summed E-state index contributed by atoms with van der Waals surface area (Å²) in [5.74, 6) is 0.0765. The normalized spacial score (nSPS) is 16.7. The molecule has 0 unspecified atom stereocenters. The molecule has 2 heterocycles. The predicted molar refractivity (Wildman–Crippen MR) is 74.0 cm³/mol. The number of fused-ring (bicyclic) bond motifs is 1. The second-order valence-corrected chi connectivity index (χ2v) is 6.61. The van der Waals surface area contributed by atoms with Crippen molar-refractivity contribution in [3.05, 3.63) is 36.5 Å². The zero-order valence-corrected chi connectivity index (χ0v) is 11.9. The second kappa shape index (κ2) is 4.94. The minimum absolute atomic E-state index is 0.00746. The first kappa shape index (κ1) is 14.8. The highest BCUT2D eigenvalue weighted by Gasteiger charge is 2.31. The third-order valence-corrected chi connectivity index (χ3v) is 4.44. The van der Waals surface area contributed by atoms with E-state index < -0.39 is 16.4 Å². The Morgan fingerprint density at radius 2 is 1.82 bits per heavy atom. The number of anilines is 1. The van der Waals surface area contributed by atoms with Crippen LogP contribution in [0.3, 0.4) is 0 Å². The van der Waals surface area contributed by atoms with E-state index in [1.807, 2.05) is 0 Å². The fourth-order valence-electron chi connectivity index (χ4n) is 2.26. The Morgan fingerprint density at radius 1 is 1.14 bits per heavy atom. The molecule has 0 aliphatic carbocycles. The molecule has 22 heavy (non-hydrogen) atoms. The minimum Gasteiger partial charge on any atom is -0.406 e. The Kier molecular flexibility index (Phi) is 3.32. The highest BCUT2D eigenvalue weighted by Crippen LogP contribution is 2.33. The van der Waals surface area contributed by atoms with Crippen LogP contribution in [0, 0.1) is 0 Å². The number of aromatic nitrogens is 1. The zero-order valence-electron chi connectivity index (χ0n) is 11.1. The van der Waals surface area contributed by atoms with Crippen LogP contribution in [0.4, 0.5) is 19.0 Å². The van der Waals surface area contributed by atoms with Crippen molar-refractivity contribution in [1.29, 1.82) is 0 Å². The summed E-state index contributed by atoms with van der Waals surface area (Å²) in [4.78, 5) is 0. The summed E-state index contributed by atoms with van der Waals surface area (Å²) >= 11 is 0. The molecule has 5 nitrogen and oxygen atoms in total. The summed E-state index contributed by atoms with van der Waals surface area (Å²) in [6.45, 7) is 0.333. The van der Waals surface area contributed by atoms with Gasteiger partial charge < -0.3 is 9.30 Å². The first-order chi connectivity index (χ1) is 10.2. The number of sulfonamides is 1. The SMILES string of the molecule is O=S1(=O)CCn2ccc(-c3ccc(OC(F)(F)F)cc3)c2N1. The molecule has 0 saturated carbocycles. The van der Waals surface area contributed by atoms with E-state index >= 15 is 0 Å². The molecule has 1 N–H and O–H groups in total. The molecule has 0 fully saturated rings. The number of halogens is 3. The maximum absolute atomic E-state index is 12.1. The maximum Gasteiger partial charge on any atom is 0.573 e. The summed E-state index contributed by atoms with van der Waals surface area (Å²) in [6, 6.07) is 6.97. The van der Waals surface area contributed by atoms with Crippen molar-refractivity contribution in [2.24, 2.45) is 0 Å². The van der Waals surface area contributed by atoms with Crippen molar-refractivity contribution in [3.63, 3.8) is 0 Å². The molecular weight excluding hydrogens is 321 g/mol. The molecule has 3 rings (SSSR count). The number of aryl methyl sites for hydroxylation is 1. The van der Waals surface area contributed by atoms with E-state index in [1.165, 1.54) is 24.3 Å². The number of benzene rings is 1. The number of alkyl halides is 3. The molecule has 1 aromatic heterocycles. The third-order valence-electron chi connectivity index (χ3n) is 3.22. The van der Waals surface area contributed by atoms with E-state index in [9.17, 15) is 21.6 Å². The Balaban J connectivity index is 1.91. The lowest BCUT2D eigenvalue weighted by Crippen LogP contribution is -2.27. The summed E-state index contributed by atoms with van der Waals surface area (Å²) in [6.07, 6.45) is -3.01. The van der Waals surface area contributed by atoms with Gasteiger partial charge >= 0.3 is 6.36 Å². The van der Waals surface area contributed by atoms with Gasteiger partial charge in [0.1, 0.15) is 11.6 Å². The summed E-state index contributed by atoms with van der Waals surface area (Å²) in [5, 5.41) is 0. The summed E-state index contributed by atoms with van der Waals surface area (Å²) in [5.41, 5.74) is 1.19. The van der Waals surface area contributed by atoms with E-state index in [0.717, 1.165) is 0 Å². The molecule has 0 radical (unpaired) electrons. The Bertz CT molecular complexity index is 795. The lowest BCUT2D eigenvalue weighted by molar-refractivity contribution is -0.274. The van der Waals surface area contributed by atoms with Gasteiger partial charge in [0.05, 0.1) is 5.75 Å². The number of ether oxygens (including phenoxy) is 1. The largest absolute Gasteiger partial charge is 0.573 e. The van der Waals surface area contributed by atoms with Gasteiger partial charge in [-0.3, -0.25) is 4.72 Å². The Hall–Kier alpha value is -2.16. The zero-order chi connectivity index (χ0) is 16.0. The van der Waals surface area contributed by atoms with Crippen molar-refractivity contribution >= 4 is 15.8 Å². The van der Waals surface area contributed by atoms with Crippen LogP contribution < -0.4 is 9.46 Å². The predicted octanol–water partition coefficient (Wildman–Crippen LogP) is 2.81. The fourth-order valence-corrected chi connectivity index (χ4v) is 3.32. The fraction of sp³-hybridized carbons (Fsp3) is 0.231. The molecule has 0 spiro atoms. The molecule has 0 bridgehead atoms. The molecular formula is C13H11F3N2O3S. The van der Waals surface area contributed by atoms with E-state index in [-0.39, 0.29) is 11.5 Å². The number of hydrogen-bond acceptors (Lipinski definition) is 3. The number of hydrogen-bond donors (Lipinski definition) is 1. The van der Waals surface area contributed by atoms with E-state index in [4.69, 9.17) is 0 Å². The lowest BCUT2D eigenvalue weighted by atomic mass is 10.1. The van der Waals surface area contributed by atoms with Gasteiger partial charge in [-0.2, -0.15) is 0 Å². The standard InChI is InChI=1S/C13H11F3N2O3S/c14-13(15,16)21-10-3-1-9(2-4-10)11-5-6-18-7-8-22(19,20)17-12(11)18/h1-6,17H,7-8H2. The number of nitrogens with one attached hydrogen (secondary N) is 1. The maximum atomic E-state index is 12.1. The minimum atomic E-state index is -4.74. The lowest BCUT2D eigenvalue weighted by Gasteiger charge is -2.19. The topological polar surface area (TPSA) is 60.3 Å². The van der Waals surface area contributed by atoms with Crippen molar-refractivity contribution in [2.75, 3.05) is 10.5 Å². The third kappa shape index (κ3) is 3.03. The van der Waals surface area contributed by atoms with Crippen LogP contribution >= 0.6 is 0 Å². The first-order valence-corrected chi connectivity index (χ1v) is 7.95. The first-order valence-electron chi connectivity index (χ1n) is 6.29. The van der Waals surface area contributed by atoms with Crippen LogP contribution in [-0.2, 0) is 16.6 Å². The highest BCUT2D eigenvalue weighted by molar-refractivity contribution is 7.92. The van der Waals surface area contributed by atoms with Crippen LogP contribution in [0.2, 0.25) is 0 Å². The van der Waals surface area contributed by atoms with Crippen molar-refractivity contribution < 1.29 is 26.3 Å². The molecule has 118 valence electrons. The quantitative estimate of drug-likeness (QED) is 0.920. The monoisotopic (exact) mass is 332 g/mol. The Labute approximate surface area is 124 Å². The van der Waals surface area contributed by atoms with Crippen LogP contribution in [0.1, 0.15) is 0 Å². The van der Waals surface area contributed by atoms with Gasteiger partial charge in [0, 0.05) is 18.3 Å². The van der Waals surface area contributed by atoms with Gasteiger partial charge in [-0.25, -0.2) is 8.42 Å². The number of rotatable bonds is 2. The van der Waals surface area contributed by atoms with Gasteiger partial charge in [0.15, 0.2) is 0 Å². The molecule has 1 aliphatic heterocycles. The molecule has 0 saturated heterocycles. The van der Waals surface area contributed by atoms with E-state index in [0.29, 0.717) is 23.5 Å². The average molecular weight is 332 g/mol. The molecule has 2 aromatic rings. The van der Waals surface area contributed by atoms with Gasteiger partial charge in [0.2, 0.25) is 10.0 Å². The van der Waals surface area contributed by atoms with Crippen LogP contribution in [0.5, 0.6) is 5.75 Å². The van der Waals surface area contributed by atoms with Crippen LogP contribution in [-0.4, -0.2) is 25.1 Å². The van der Waals surface area contributed by atoms with Gasteiger partial charge in [-0.1, -0.05) is 12.1 Å². The average Bonchev–Trinajstić information content (AvgIpc) is 2.79. The molecule has 0 amide bonds. The van der Waals surface area contributed by atoms with Crippen LogP contribution in [0.15, 0.2) is 36.5 Å². The van der Waals surface area contributed by atoms with Crippen molar-refractivity contribution in [1.82, 2.24) is 4.57 Å². The molecule has 1 aromatic carbocycles. The van der Waals surface area contributed by atoms with E-state index in [1.54, 1.807) is 16.8 Å². The number of nitrogens with zero attached hydrogens (tertiary/aromatic N) is 1. The Morgan fingerprint density at radius 3 is 2.45 bits per heavy atom. The van der Waals surface area contributed by atoms with Crippen LogP contribution in [0.25, 0.3) is 11.1 Å². The smallest absolute Gasteiger partial charge is 0.406 e. The van der Waals surface area contributed by atoms with Gasteiger partial charge in [-0.15, -0.1) is 13.2 Å². The van der Waals surface area contributed by atoms with E-state index in [2.05, 4.69) is 9.46 Å². The highest BCUT2D eigenvalue weighted by atomic mass is 32.2. The van der Waals surface area contributed by atoms with Crippen molar-refractivity contribution in [2.45, 2.75) is 12.9 Å². The molecule has 0 atom stereocenters. The summed E-state index contributed by atoms with van der Waals surface area (Å²) < 4.78 is 67.7. The van der Waals surface area contributed by atoms with Gasteiger partial charge in [-0.05, 0) is 23.8 Å². The second-order valence-electron chi connectivity index (χ2n) is 4.76. The summed E-state index contributed by atoms with van der Waals surface area (Å²) in [7, 11) is -3.37. The van der Waals surface area contributed by atoms with Crippen molar-refractivity contribution in [3.8, 4) is 16.9 Å². The molecule has 1 aliphatic rings. The van der Waals surface area contributed by atoms with Gasteiger partial charge in [0.25, 0.3) is 0 Å².